The number of amides is 2. The molecule has 1 aliphatic rings. The highest BCUT2D eigenvalue weighted by molar-refractivity contribution is 5.84. The van der Waals surface area contributed by atoms with Gasteiger partial charge < -0.3 is 10.8 Å². The van der Waals surface area contributed by atoms with Crippen LogP contribution in [0.3, 0.4) is 0 Å². The molecule has 1 heterocycles. The molecule has 5 nitrogen and oxygen atoms in total. The van der Waals surface area contributed by atoms with Crippen molar-refractivity contribution in [3.05, 3.63) is 11.6 Å². The van der Waals surface area contributed by atoms with E-state index in [4.69, 9.17) is 10.8 Å². The summed E-state index contributed by atoms with van der Waals surface area (Å²) in [6.45, 7) is 2.10. The molecule has 2 amide bonds. The van der Waals surface area contributed by atoms with Crippen LogP contribution in [0.4, 0.5) is 4.79 Å². The molecule has 0 bridgehead atoms. The predicted molar refractivity (Wildman–Crippen MR) is 46.1 cm³/mol. The number of rotatable bonds is 1. The Morgan fingerprint density at radius 1 is 1.69 bits per heavy atom. The summed E-state index contributed by atoms with van der Waals surface area (Å²) in [6.07, 6.45) is 1.09. The van der Waals surface area contributed by atoms with Gasteiger partial charge in [-0.2, -0.15) is 0 Å². The Balaban J connectivity index is 2.83. The Hall–Kier alpha value is -1.52. The third kappa shape index (κ3) is 1.99. The average molecular weight is 184 g/mol. The van der Waals surface area contributed by atoms with Gasteiger partial charge in [-0.05, 0) is 13.3 Å². The van der Waals surface area contributed by atoms with Crippen LogP contribution in [-0.2, 0) is 4.79 Å². The molecule has 0 aliphatic carbocycles. The van der Waals surface area contributed by atoms with E-state index in [9.17, 15) is 9.59 Å². The van der Waals surface area contributed by atoms with Gasteiger partial charge in [0.25, 0.3) is 0 Å². The Labute approximate surface area is 75.8 Å². The maximum absolute atomic E-state index is 10.9. The molecule has 0 saturated carbocycles. The van der Waals surface area contributed by atoms with Crippen LogP contribution >= 0.6 is 0 Å². The van der Waals surface area contributed by atoms with Gasteiger partial charge in [0.05, 0.1) is 0 Å². The van der Waals surface area contributed by atoms with Crippen LogP contribution in [0.1, 0.15) is 13.3 Å². The lowest BCUT2D eigenvalue weighted by molar-refractivity contribution is -0.122. The predicted octanol–water partition coefficient (Wildman–Crippen LogP) is 0.170. The van der Waals surface area contributed by atoms with Crippen LogP contribution in [0.5, 0.6) is 0 Å². The van der Waals surface area contributed by atoms with Gasteiger partial charge >= 0.3 is 6.09 Å². The topological polar surface area (TPSA) is 83.6 Å². The Kier molecular flexibility index (Phi) is 2.55. The summed E-state index contributed by atoms with van der Waals surface area (Å²) in [5.74, 6) is -0.588. The molecule has 5 heteroatoms. The molecular formula is C8H12N2O3. The highest BCUT2D eigenvalue weighted by Gasteiger charge is 2.29. The average Bonchev–Trinajstić information content (AvgIpc) is 2.03. The molecule has 1 atom stereocenters. The van der Waals surface area contributed by atoms with Crippen LogP contribution < -0.4 is 5.73 Å². The Bertz CT molecular complexity index is 273. The molecule has 0 aromatic rings. The number of carbonyl (C=O) groups is 2. The van der Waals surface area contributed by atoms with Gasteiger partial charge in [-0.25, -0.2) is 4.79 Å². The zero-order valence-corrected chi connectivity index (χ0v) is 7.36. The van der Waals surface area contributed by atoms with Crippen LogP contribution in [0.2, 0.25) is 0 Å². The molecule has 0 aromatic heterocycles. The summed E-state index contributed by atoms with van der Waals surface area (Å²) in [6, 6.07) is -0.706. The zero-order chi connectivity index (χ0) is 10.0. The smallest absolute Gasteiger partial charge is 0.408 e. The number of carbonyl (C=O) groups excluding carboxylic acids is 1. The van der Waals surface area contributed by atoms with E-state index in [1.807, 2.05) is 6.92 Å². The molecule has 13 heavy (non-hydrogen) atoms. The monoisotopic (exact) mass is 184 g/mol. The molecule has 0 spiro atoms. The van der Waals surface area contributed by atoms with Crippen LogP contribution in [0.25, 0.3) is 0 Å². The number of hydrogen-bond donors (Lipinski definition) is 2. The fourth-order valence-corrected chi connectivity index (χ4v) is 1.35. The summed E-state index contributed by atoms with van der Waals surface area (Å²) >= 11 is 0. The first-order chi connectivity index (χ1) is 6.02. The minimum Gasteiger partial charge on any atom is -0.465 e. The van der Waals surface area contributed by atoms with E-state index in [0.717, 1.165) is 10.5 Å². The Morgan fingerprint density at radius 2 is 2.31 bits per heavy atom. The molecule has 0 saturated heterocycles. The summed E-state index contributed by atoms with van der Waals surface area (Å²) in [5, 5.41) is 8.73. The van der Waals surface area contributed by atoms with Gasteiger partial charge in [0, 0.05) is 6.54 Å². The third-order valence-corrected chi connectivity index (χ3v) is 2.10. The number of nitrogens with zero attached hydrogens (tertiary/aromatic N) is 1. The van der Waals surface area contributed by atoms with Crippen molar-refractivity contribution in [3.63, 3.8) is 0 Å². The number of hydrogen-bond acceptors (Lipinski definition) is 2. The third-order valence-electron chi connectivity index (χ3n) is 2.10. The van der Waals surface area contributed by atoms with Crippen molar-refractivity contribution in [2.45, 2.75) is 19.4 Å². The first kappa shape index (κ1) is 9.57. The largest absolute Gasteiger partial charge is 0.465 e. The second-order valence-corrected chi connectivity index (χ2v) is 3.11. The lowest BCUT2D eigenvalue weighted by Gasteiger charge is -2.29. The van der Waals surface area contributed by atoms with Crippen molar-refractivity contribution in [2.24, 2.45) is 5.73 Å². The number of carboxylic acid groups (broad SMARTS) is 1. The van der Waals surface area contributed by atoms with Gasteiger partial charge in [0.1, 0.15) is 6.04 Å². The van der Waals surface area contributed by atoms with Crippen LogP contribution in [0.15, 0.2) is 11.6 Å². The van der Waals surface area contributed by atoms with Crippen molar-refractivity contribution < 1.29 is 14.7 Å². The normalized spacial score (nSPS) is 22.4. The van der Waals surface area contributed by atoms with Gasteiger partial charge in [0.2, 0.25) is 5.91 Å². The Morgan fingerprint density at radius 3 is 2.77 bits per heavy atom. The van der Waals surface area contributed by atoms with E-state index in [0.29, 0.717) is 6.42 Å². The van der Waals surface area contributed by atoms with E-state index < -0.39 is 18.0 Å². The van der Waals surface area contributed by atoms with E-state index in [1.165, 1.54) is 0 Å². The van der Waals surface area contributed by atoms with Gasteiger partial charge in [-0.15, -0.1) is 0 Å². The lowest BCUT2D eigenvalue weighted by Crippen LogP contribution is -2.49. The first-order valence-electron chi connectivity index (χ1n) is 3.97. The van der Waals surface area contributed by atoms with Crippen LogP contribution in [0, 0.1) is 0 Å². The van der Waals surface area contributed by atoms with E-state index in [1.54, 1.807) is 6.08 Å². The molecule has 0 radical (unpaired) electrons. The van der Waals surface area contributed by atoms with E-state index in [2.05, 4.69) is 0 Å². The molecule has 72 valence electrons. The molecule has 1 aliphatic heterocycles. The SMILES string of the molecule is CC1=CCN(C(=O)O)C(C(N)=O)C1. The molecule has 0 fully saturated rings. The van der Waals surface area contributed by atoms with Crippen LogP contribution in [-0.4, -0.2) is 34.6 Å². The highest BCUT2D eigenvalue weighted by atomic mass is 16.4. The second kappa shape index (κ2) is 3.47. The second-order valence-electron chi connectivity index (χ2n) is 3.11. The number of nitrogens with two attached hydrogens (primary N) is 1. The summed E-state index contributed by atoms with van der Waals surface area (Å²) in [4.78, 5) is 22.6. The van der Waals surface area contributed by atoms with Crippen molar-refractivity contribution in [2.75, 3.05) is 6.54 Å². The van der Waals surface area contributed by atoms with Crippen molar-refractivity contribution in [1.29, 1.82) is 0 Å². The highest BCUT2D eigenvalue weighted by Crippen LogP contribution is 2.16. The summed E-state index contributed by atoms with van der Waals surface area (Å²) in [7, 11) is 0. The summed E-state index contributed by atoms with van der Waals surface area (Å²) in [5.41, 5.74) is 6.09. The van der Waals surface area contributed by atoms with Gasteiger partial charge in [-0.1, -0.05) is 11.6 Å². The standard InChI is InChI=1S/C8H12N2O3/c1-5-2-3-10(8(12)13)6(4-5)7(9)11/h2,6H,3-4H2,1H3,(H2,9,11)(H,12,13). The first-order valence-corrected chi connectivity index (χ1v) is 3.97. The number of primary amides is 1. The van der Waals surface area contributed by atoms with Crippen molar-refractivity contribution in [1.82, 2.24) is 4.90 Å². The molecule has 0 aromatic carbocycles. The fraction of sp³-hybridized carbons (Fsp3) is 0.500. The van der Waals surface area contributed by atoms with Crippen molar-refractivity contribution in [3.8, 4) is 0 Å². The zero-order valence-electron chi connectivity index (χ0n) is 7.36. The maximum Gasteiger partial charge on any atom is 0.408 e. The fourth-order valence-electron chi connectivity index (χ4n) is 1.35. The molecule has 3 N–H and O–H groups in total. The van der Waals surface area contributed by atoms with Gasteiger partial charge in [0.15, 0.2) is 0 Å². The lowest BCUT2D eigenvalue weighted by atomic mass is 10.0. The molecular weight excluding hydrogens is 172 g/mol. The quantitative estimate of drug-likeness (QED) is 0.570. The summed E-state index contributed by atoms with van der Waals surface area (Å²) < 4.78 is 0. The minimum absolute atomic E-state index is 0.245. The maximum atomic E-state index is 10.9. The van der Waals surface area contributed by atoms with Gasteiger partial charge in [-0.3, -0.25) is 9.69 Å². The van der Waals surface area contributed by atoms with Crippen molar-refractivity contribution >= 4 is 12.0 Å². The van der Waals surface area contributed by atoms with E-state index in [-0.39, 0.29) is 6.54 Å². The minimum atomic E-state index is -1.10. The molecule has 1 rings (SSSR count). The van der Waals surface area contributed by atoms with E-state index >= 15 is 0 Å². The molecule has 1 unspecified atom stereocenters.